The quantitative estimate of drug-likeness (QED) is 0.758. The largest absolute Gasteiger partial charge is 0.374 e. The Morgan fingerprint density at radius 2 is 2.17 bits per heavy atom. The first-order chi connectivity index (χ1) is 8.83. The predicted molar refractivity (Wildman–Crippen MR) is 65.7 cm³/mol. The molecule has 0 bridgehead atoms. The molecule has 2 fully saturated rings. The highest BCUT2D eigenvalue weighted by atomic mass is 16.6. The lowest BCUT2D eigenvalue weighted by Gasteiger charge is -2.46. The lowest BCUT2D eigenvalue weighted by Crippen LogP contribution is -2.59. The van der Waals surface area contributed by atoms with Gasteiger partial charge in [-0.15, -0.1) is 0 Å². The summed E-state index contributed by atoms with van der Waals surface area (Å²) in [6.07, 6.45) is 1.55. The molecule has 4 nitrogen and oxygen atoms in total. The summed E-state index contributed by atoms with van der Waals surface area (Å²) in [6, 6.07) is 10.1. The number of hydrogen-bond donors (Lipinski definition) is 0. The average molecular weight is 247 g/mol. The molecule has 3 rings (SSSR count). The lowest BCUT2D eigenvalue weighted by molar-refractivity contribution is -0.208. The second-order valence-electron chi connectivity index (χ2n) is 4.79. The van der Waals surface area contributed by atoms with Crippen LogP contribution in [-0.2, 0) is 20.9 Å². The first-order valence-electron chi connectivity index (χ1n) is 6.39. The summed E-state index contributed by atoms with van der Waals surface area (Å²) in [4.78, 5) is 13.0. The van der Waals surface area contributed by atoms with E-state index >= 15 is 0 Å². The Bertz CT molecular complexity index is 420. The fourth-order valence-corrected chi connectivity index (χ4v) is 2.39. The predicted octanol–water partition coefficient (Wildman–Crippen LogP) is 1.55. The molecular formula is C14H17NO3. The Morgan fingerprint density at radius 3 is 2.89 bits per heavy atom. The second kappa shape index (κ2) is 5.08. The monoisotopic (exact) mass is 247 g/mol. The van der Waals surface area contributed by atoms with Crippen LogP contribution >= 0.6 is 0 Å². The average Bonchev–Trinajstić information content (AvgIpc) is 2.39. The number of amides is 1. The molecule has 2 saturated heterocycles. The zero-order valence-electron chi connectivity index (χ0n) is 10.2. The third-order valence-corrected chi connectivity index (χ3v) is 3.47. The molecule has 0 radical (unpaired) electrons. The Hall–Kier alpha value is -1.39. The van der Waals surface area contributed by atoms with Crippen LogP contribution < -0.4 is 0 Å². The molecule has 0 aromatic heterocycles. The van der Waals surface area contributed by atoms with Gasteiger partial charge >= 0.3 is 0 Å². The van der Waals surface area contributed by atoms with Gasteiger partial charge in [0, 0.05) is 6.54 Å². The number of rotatable bonds is 4. The van der Waals surface area contributed by atoms with Gasteiger partial charge in [0.15, 0.2) is 0 Å². The lowest BCUT2D eigenvalue weighted by atomic mass is 10.1. The normalized spacial score (nSPS) is 26.7. The van der Waals surface area contributed by atoms with Crippen LogP contribution in [0, 0.1) is 0 Å². The number of β-lactam (4-membered cyclic amide) rings is 1. The minimum Gasteiger partial charge on any atom is -0.374 e. The minimum absolute atomic E-state index is 0.0107. The van der Waals surface area contributed by atoms with Gasteiger partial charge in [-0.25, -0.2) is 0 Å². The number of nitrogens with zero attached hydrogens (tertiary/aromatic N) is 1. The van der Waals surface area contributed by atoms with E-state index in [0.29, 0.717) is 19.6 Å². The third-order valence-electron chi connectivity index (χ3n) is 3.47. The van der Waals surface area contributed by atoms with E-state index in [1.54, 1.807) is 4.90 Å². The first-order valence-corrected chi connectivity index (χ1v) is 6.39. The summed E-state index contributed by atoms with van der Waals surface area (Å²) in [5.74, 6) is 0.212. The van der Waals surface area contributed by atoms with Crippen molar-refractivity contribution in [2.45, 2.75) is 31.8 Å². The van der Waals surface area contributed by atoms with Gasteiger partial charge in [-0.2, -0.15) is 0 Å². The Kier molecular flexibility index (Phi) is 3.30. The summed E-state index contributed by atoms with van der Waals surface area (Å²) < 4.78 is 11.4. The summed E-state index contributed by atoms with van der Waals surface area (Å²) in [5, 5.41) is 0. The molecule has 1 amide bonds. The van der Waals surface area contributed by atoms with Gasteiger partial charge in [0.25, 0.3) is 0 Å². The molecule has 1 aromatic rings. The maximum atomic E-state index is 11.2. The molecule has 0 unspecified atom stereocenters. The van der Waals surface area contributed by atoms with Crippen molar-refractivity contribution in [1.29, 1.82) is 0 Å². The summed E-state index contributed by atoms with van der Waals surface area (Å²) >= 11 is 0. The van der Waals surface area contributed by atoms with Gasteiger partial charge in [0.2, 0.25) is 5.91 Å². The molecule has 96 valence electrons. The number of fused-ring (bicyclic) bond motifs is 1. The Labute approximate surface area is 106 Å². The van der Waals surface area contributed by atoms with Crippen LogP contribution in [0.1, 0.15) is 18.4 Å². The molecule has 2 aliphatic rings. The van der Waals surface area contributed by atoms with E-state index < -0.39 is 0 Å². The zero-order chi connectivity index (χ0) is 12.4. The van der Waals surface area contributed by atoms with Crippen LogP contribution in [0.15, 0.2) is 30.3 Å². The molecule has 0 saturated carbocycles. The van der Waals surface area contributed by atoms with Gasteiger partial charge in [0.1, 0.15) is 6.23 Å². The Balaban J connectivity index is 1.41. The summed E-state index contributed by atoms with van der Waals surface area (Å²) in [5.41, 5.74) is 1.17. The molecule has 0 aliphatic carbocycles. The Morgan fingerprint density at radius 1 is 1.33 bits per heavy atom. The molecule has 4 heteroatoms. The number of benzene rings is 1. The van der Waals surface area contributed by atoms with Crippen LogP contribution in [0.5, 0.6) is 0 Å². The van der Waals surface area contributed by atoms with E-state index in [1.165, 1.54) is 5.56 Å². The second-order valence-corrected chi connectivity index (χ2v) is 4.79. The van der Waals surface area contributed by atoms with Crippen molar-refractivity contribution in [2.24, 2.45) is 0 Å². The van der Waals surface area contributed by atoms with Gasteiger partial charge in [0.05, 0.1) is 25.7 Å². The highest BCUT2D eigenvalue weighted by Gasteiger charge is 2.41. The smallest absolute Gasteiger partial charge is 0.229 e. The van der Waals surface area contributed by atoms with Crippen molar-refractivity contribution in [1.82, 2.24) is 4.90 Å². The van der Waals surface area contributed by atoms with Gasteiger partial charge in [-0.3, -0.25) is 4.79 Å². The molecular weight excluding hydrogens is 230 g/mol. The topological polar surface area (TPSA) is 38.8 Å². The highest BCUT2D eigenvalue weighted by molar-refractivity contribution is 5.82. The number of hydrogen-bond acceptors (Lipinski definition) is 3. The number of carbonyl (C=O) groups excluding carboxylic acids is 1. The van der Waals surface area contributed by atoms with Crippen LogP contribution in [-0.4, -0.2) is 36.3 Å². The minimum atomic E-state index is 0.0107. The van der Waals surface area contributed by atoms with Gasteiger partial charge in [-0.05, 0) is 12.0 Å². The van der Waals surface area contributed by atoms with Crippen molar-refractivity contribution >= 4 is 5.91 Å². The highest BCUT2D eigenvalue weighted by Crippen LogP contribution is 2.27. The van der Waals surface area contributed by atoms with Crippen molar-refractivity contribution in [3.05, 3.63) is 35.9 Å². The summed E-state index contributed by atoms with van der Waals surface area (Å²) in [6.45, 7) is 2.03. The van der Waals surface area contributed by atoms with Crippen LogP contribution in [0.3, 0.4) is 0 Å². The number of carbonyl (C=O) groups is 1. The van der Waals surface area contributed by atoms with E-state index in [0.717, 1.165) is 13.0 Å². The molecule has 2 heterocycles. The molecule has 2 aliphatic heterocycles. The standard InChI is InChI=1S/C14H17NO3/c16-13-8-14-15(13)7-6-12(18-14)10-17-9-11-4-2-1-3-5-11/h1-5,12,14H,6-10H2/t12-,14-/m0/s1. The zero-order valence-corrected chi connectivity index (χ0v) is 10.2. The molecule has 18 heavy (non-hydrogen) atoms. The third kappa shape index (κ3) is 2.40. The van der Waals surface area contributed by atoms with Gasteiger partial charge < -0.3 is 14.4 Å². The molecule has 2 atom stereocenters. The SMILES string of the molecule is O=C1C[C@@H]2O[C@H](COCc3ccccc3)CCN12. The van der Waals surface area contributed by atoms with Crippen molar-refractivity contribution in [3.63, 3.8) is 0 Å². The van der Waals surface area contributed by atoms with Crippen LogP contribution in [0.4, 0.5) is 0 Å². The summed E-state index contributed by atoms with van der Waals surface area (Å²) in [7, 11) is 0. The van der Waals surface area contributed by atoms with Crippen molar-refractivity contribution in [3.8, 4) is 0 Å². The van der Waals surface area contributed by atoms with Crippen LogP contribution in [0.2, 0.25) is 0 Å². The molecule has 0 N–H and O–H groups in total. The fourth-order valence-electron chi connectivity index (χ4n) is 2.39. The van der Waals surface area contributed by atoms with E-state index in [1.807, 2.05) is 30.3 Å². The van der Waals surface area contributed by atoms with Crippen molar-refractivity contribution in [2.75, 3.05) is 13.2 Å². The maximum Gasteiger partial charge on any atom is 0.229 e. The van der Waals surface area contributed by atoms with Crippen LogP contribution in [0.25, 0.3) is 0 Å². The maximum absolute atomic E-state index is 11.2. The van der Waals surface area contributed by atoms with Gasteiger partial charge in [-0.1, -0.05) is 30.3 Å². The number of ether oxygens (including phenoxy) is 2. The molecule has 0 spiro atoms. The first kappa shape index (κ1) is 11.7. The fraction of sp³-hybridized carbons (Fsp3) is 0.500. The molecule has 1 aromatic carbocycles. The van der Waals surface area contributed by atoms with E-state index in [9.17, 15) is 4.79 Å². The van der Waals surface area contributed by atoms with E-state index in [2.05, 4.69) is 0 Å². The van der Waals surface area contributed by atoms with E-state index in [-0.39, 0.29) is 18.2 Å². The van der Waals surface area contributed by atoms with Crippen molar-refractivity contribution < 1.29 is 14.3 Å². The van der Waals surface area contributed by atoms with E-state index in [4.69, 9.17) is 9.47 Å².